The molecule has 92 valence electrons. The van der Waals surface area contributed by atoms with E-state index in [4.69, 9.17) is 4.74 Å². The average molecular weight is 264 g/mol. The molecule has 0 saturated heterocycles. The SMILES string of the molecule is c1csc(C2c3ccccc3Oc3ccccc32)c1. The fraction of sp³-hybridized carbons (Fsp3) is 0.0588. The largest absolute Gasteiger partial charge is 0.457 e. The first-order chi connectivity index (χ1) is 9.43. The van der Waals surface area contributed by atoms with Gasteiger partial charge in [-0.3, -0.25) is 0 Å². The highest BCUT2D eigenvalue weighted by atomic mass is 32.1. The molecule has 19 heavy (non-hydrogen) atoms. The zero-order valence-electron chi connectivity index (χ0n) is 10.2. The van der Waals surface area contributed by atoms with E-state index in [1.807, 2.05) is 24.3 Å². The molecule has 0 spiro atoms. The molecular formula is C17H12OS. The van der Waals surface area contributed by atoms with E-state index in [-0.39, 0.29) is 0 Å². The van der Waals surface area contributed by atoms with Crippen LogP contribution in [0.2, 0.25) is 0 Å². The maximum atomic E-state index is 6.01. The smallest absolute Gasteiger partial charge is 0.131 e. The van der Waals surface area contributed by atoms with Crippen molar-refractivity contribution in [1.29, 1.82) is 0 Å². The lowest BCUT2D eigenvalue weighted by Gasteiger charge is -2.27. The van der Waals surface area contributed by atoms with E-state index in [1.165, 1.54) is 16.0 Å². The van der Waals surface area contributed by atoms with Gasteiger partial charge in [0.25, 0.3) is 0 Å². The summed E-state index contributed by atoms with van der Waals surface area (Å²) in [6.07, 6.45) is 0. The van der Waals surface area contributed by atoms with Gasteiger partial charge in [-0.25, -0.2) is 0 Å². The minimum atomic E-state index is 0.293. The Morgan fingerprint density at radius 2 is 1.37 bits per heavy atom. The molecule has 1 aliphatic heterocycles. The number of fused-ring (bicyclic) bond motifs is 2. The van der Waals surface area contributed by atoms with Crippen LogP contribution in [0.4, 0.5) is 0 Å². The van der Waals surface area contributed by atoms with Crippen LogP contribution in [-0.2, 0) is 0 Å². The van der Waals surface area contributed by atoms with Gasteiger partial charge in [0.15, 0.2) is 0 Å². The molecule has 1 aliphatic rings. The van der Waals surface area contributed by atoms with Crippen molar-refractivity contribution in [3.63, 3.8) is 0 Å². The van der Waals surface area contributed by atoms with Gasteiger partial charge < -0.3 is 4.74 Å². The van der Waals surface area contributed by atoms with Crippen LogP contribution in [0, 0.1) is 0 Å². The van der Waals surface area contributed by atoms with Gasteiger partial charge in [-0.1, -0.05) is 42.5 Å². The highest BCUT2D eigenvalue weighted by Crippen LogP contribution is 2.47. The van der Waals surface area contributed by atoms with Gasteiger partial charge in [0.05, 0.1) is 5.92 Å². The lowest BCUT2D eigenvalue weighted by molar-refractivity contribution is 0.453. The molecule has 0 radical (unpaired) electrons. The summed E-state index contributed by atoms with van der Waals surface area (Å²) in [4.78, 5) is 1.36. The van der Waals surface area contributed by atoms with Gasteiger partial charge in [0.2, 0.25) is 0 Å². The lowest BCUT2D eigenvalue weighted by Crippen LogP contribution is -2.10. The maximum absolute atomic E-state index is 6.01. The molecule has 0 atom stereocenters. The predicted molar refractivity (Wildman–Crippen MR) is 78.2 cm³/mol. The van der Waals surface area contributed by atoms with Crippen LogP contribution in [0.25, 0.3) is 0 Å². The summed E-state index contributed by atoms with van der Waals surface area (Å²) in [6, 6.07) is 20.9. The Labute approximate surface area is 116 Å². The van der Waals surface area contributed by atoms with Gasteiger partial charge in [0, 0.05) is 16.0 Å². The number of thiophene rings is 1. The van der Waals surface area contributed by atoms with Gasteiger partial charge in [-0.2, -0.15) is 0 Å². The first-order valence-corrected chi connectivity index (χ1v) is 7.20. The van der Waals surface area contributed by atoms with Crippen LogP contribution in [0.5, 0.6) is 11.5 Å². The van der Waals surface area contributed by atoms with E-state index < -0.39 is 0 Å². The molecule has 4 rings (SSSR count). The summed E-state index contributed by atoms with van der Waals surface area (Å²) in [7, 11) is 0. The van der Waals surface area contributed by atoms with Crippen molar-refractivity contribution < 1.29 is 4.74 Å². The minimum absolute atomic E-state index is 0.293. The summed E-state index contributed by atoms with van der Waals surface area (Å²) in [5, 5.41) is 2.13. The van der Waals surface area contributed by atoms with Crippen molar-refractivity contribution in [2.45, 2.75) is 5.92 Å². The predicted octanol–water partition coefficient (Wildman–Crippen LogP) is 5.03. The lowest BCUT2D eigenvalue weighted by atomic mass is 9.87. The molecule has 0 aliphatic carbocycles. The monoisotopic (exact) mass is 264 g/mol. The summed E-state index contributed by atoms with van der Waals surface area (Å²) in [5.74, 6) is 2.24. The summed E-state index contributed by atoms with van der Waals surface area (Å²) in [5.41, 5.74) is 2.51. The van der Waals surface area contributed by atoms with Crippen molar-refractivity contribution in [2.24, 2.45) is 0 Å². The molecule has 0 amide bonds. The third-order valence-corrected chi connectivity index (χ3v) is 4.44. The quantitative estimate of drug-likeness (QED) is 0.468. The first kappa shape index (κ1) is 10.8. The third kappa shape index (κ3) is 1.68. The molecule has 0 bridgehead atoms. The van der Waals surface area contributed by atoms with Crippen molar-refractivity contribution in [1.82, 2.24) is 0 Å². The van der Waals surface area contributed by atoms with Crippen molar-refractivity contribution in [3.05, 3.63) is 82.0 Å². The Bertz CT molecular complexity index is 670. The topological polar surface area (TPSA) is 9.23 Å². The van der Waals surface area contributed by atoms with E-state index in [9.17, 15) is 0 Å². The molecular weight excluding hydrogens is 252 g/mol. The van der Waals surface area contributed by atoms with Gasteiger partial charge >= 0.3 is 0 Å². The normalized spacial score (nSPS) is 13.5. The van der Waals surface area contributed by atoms with Crippen LogP contribution in [0.15, 0.2) is 66.0 Å². The molecule has 0 N–H and O–H groups in total. The fourth-order valence-electron chi connectivity index (χ4n) is 2.67. The molecule has 2 aromatic carbocycles. The Kier molecular flexibility index (Phi) is 2.42. The second-order valence-corrected chi connectivity index (χ2v) is 5.61. The molecule has 2 heterocycles. The summed E-state index contributed by atoms with van der Waals surface area (Å²) in [6.45, 7) is 0. The van der Waals surface area contributed by atoms with Gasteiger partial charge in [0.1, 0.15) is 11.5 Å². The zero-order valence-corrected chi connectivity index (χ0v) is 11.1. The number of ether oxygens (including phenoxy) is 1. The van der Waals surface area contributed by atoms with Crippen LogP contribution >= 0.6 is 11.3 Å². The van der Waals surface area contributed by atoms with E-state index in [0.29, 0.717) is 5.92 Å². The van der Waals surface area contributed by atoms with E-state index in [0.717, 1.165) is 11.5 Å². The molecule has 1 aromatic heterocycles. The van der Waals surface area contributed by atoms with Crippen molar-refractivity contribution >= 4 is 11.3 Å². The van der Waals surface area contributed by atoms with E-state index in [1.54, 1.807) is 11.3 Å². The number of hydrogen-bond acceptors (Lipinski definition) is 2. The molecule has 0 unspecified atom stereocenters. The Balaban J connectivity index is 1.98. The third-order valence-electron chi connectivity index (χ3n) is 3.51. The minimum Gasteiger partial charge on any atom is -0.457 e. The van der Waals surface area contributed by atoms with Crippen LogP contribution in [-0.4, -0.2) is 0 Å². The highest BCUT2D eigenvalue weighted by Gasteiger charge is 2.28. The van der Waals surface area contributed by atoms with Crippen LogP contribution in [0.3, 0.4) is 0 Å². The van der Waals surface area contributed by atoms with Crippen LogP contribution in [0.1, 0.15) is 21.9 Å². The standard InChI is InChI=1S/C17H12OS/c1-3-8-14-12(6-1)17(16-10-5-11-19-16)13-7-2-4-9-15(13)18-14/h1-11,17H. The average Bonchev–Trinajstić information content (AvgIpc) is 2.98. The summed E-state index contributed by atoms with van der Waals surface area (Å²) >= 11 is 1.80. The zero-order chi connectivity index (χ0) is 12.7. The second-order valence-electron chi connectivity index (χ2n) is 4.63. The van der Waals surface area contributed by atoms with Gasteiger partial charge in [-0.05, 0) is 23.6 Å². The van der Waals surface area contributed by atoms with Crippen molar-refractivity contribution in [2.75, 3.05) is 0 Å². The molecule has 2 heteroatoms. The fourth-order valence-corrected chi connectivity index (χ4v) is 3.53. The summed E-state index contributed by atoms with van der Waals surface area (Å²) < 4.78 is 6.01. The first-order valence-electron chi connectivity index (χ1n) is 6.32. The van der Waals surface area contributed by atoms with Gasteiger partial charge in [-0.15, -0.1) is 11.3 Å². The number of para-hydroxylation sites is 2. The number of rotatable bonds is 1. The molecule has 0 saturated carbocycles. The maximum Gasteiger partial charge on any atom is 0.131 e. The second kappa shape index (κ2) is 4.25. The van der Waals surface area contributed by atoms with E-state index >= 15 is 0 Å². The Hall–Kier alpha value is -2.06. The number of benzene rings is 2. The van der Waals surface area contributed by atoms with E-state index in [2.05, 4.69) is 41.8 Å². The molecule has 0 fully saturated rings. The Morgan fingerprint density at radius 1 is 0.737 bits per heavy atom. The van der Waals surface area contributed by atoms with Crippen LogP contribution < -0.4 is 4.74 Å². The highest BCUT2D eigenvalue weighted by molar-refractivity contribution is 7.10. The number of hydrogen-bond donors (Lipinski definition) is 0. The van der Waals surface area contributed by atoms with Crippen molar-refractivity contribution in [3.8, 4) is 11.5 Å². The molecule has 1 nitrogen and oxygen atoms in total. The molecule has 3 aromatic rings. The Morgan fingerprint density at radius 3 is 1.95 bits per heavy atom.